The second kappa shape index (κ2) is 9.70. The minimum atomic E-state index is -0.244. The Labute approximate surface area is 206 Å². The smallest absolute Gasteiger partial charge is 0.267 e. The summed E-state index contributed by atoms with van der Waals surface area (Å²) in [5, 5.41) is 7.34. The number of amides is 1. The molecule has 172 valence electrons. The molecule has 0 aliphatic rings. The molecule has 0 fully saturated rings. The molecule has 3 heterocycles. The number of fused-ring (bicyclic) bond motifs is 1. The molecule has 5 rings (SSSR count). The van der Waals surface area contributed by atoms with Gasteiger partial charge in [-0.2, -0.15) is 0 Å². The zero-order chi connectivity index (χ0) is 23.5. The largest absolute Gasteiger partial charge is 0.354 e. The third-order valence-electron chi connectivity index (χ3n) is 5.56. The summed E-state index contributed by atoms with van der Waals surface area (Å²) in [6, 6.07) is 15.6. The summed E-state index contributed by atoms with van der Waals surface area (Å²) in [4.78, 5) is 22.2. The van der Waals surface area contributed by atoms with E-state index in [2.05, 4.69) is 48.2 Å². The van der Waals surface area contributed by atoms with Crippen molar-refractivity contribution < 1.29 is 4.79 Å². The normalized spacial score (nSPS) is 11.1. The molecule has 0 aliphatic heterocycles. The number of thiazole rings is 1. The van der Waals surface area contributed by atoms with Gasteiger partial charge in [-0.1, -0.05) is 41.1 Å². The molecule has 5 aromatic rings. The van der Waals surface area contributed by atoms with E-state index < -0.39 is 0 Å². The van der Waals surface area contributed by atoms with Crippen LogP contribution in [-0.2, 0) is 13.1 Å². The van der Waals surface area contributed by atoms with E-state index in [0.717, 1.165) is 41.8 Å². The van der Waals surface area contributed by atoms with Gasteiger partial charge < -0.3 is 19.8 Å². The molecule has 3 aromatic heterocycles. The number of hydrogen-bond acceptors (Lipinski definition) is 5. The highest BCUT2D eigenvalue weighted by molar-refractivity contribution is 7.17. The number of para-hydroxylation sites is 2. The summed E-state index contributed by atoms with van der Waals surface area (Å²) >= 11 is 7.52. The number of aryl methyl sites for hydroxylation is 3. The van der Waals surface area contributed by atoms with Crippen LogP contribution in [0.1, 0.15) is 21.7 Å². The number of nitrogens with zero attached hydrogens (tertiary/aromatic N) is 4. The van der Waals surface area contributed by atoms with Gasteiger partial charge in [-0.3, -0.25) is 4.79 Å². The average molecular weight is 491 g/mol. The Morgan fingerprint density at radius 1 is 1.06 bits per heavy atom. The van der Waals surface area contributed by atoms with Crippen LogP contribution >= 0.6 is 22.9 Å². The van der Waals surface area contributed by atoms with Crippen LogP contribution in [0.15, 0.2) is 73.4 Å². The van der Waals surface area contributed by atoms with E-state index in [4.69, 9.17) is 11.6 Å². The van der Waals surface area contributed by atoms with Gasteiger partial charge in [0, 0.05) is 25.5 Å². The molecule has 0 bridgehead atoms. The summed E-state index contributed by atoms with van der Waals surface area (Å²) in [6.45, 7) is 3.74. The molecule has 0 atom stereocenters. The summed E-state index contributed by atoms with van der Waals surface area (Å²) < 4.78 is 4.34. The van der Waals surface area contributed by atoms with Crippen LogP contribution < -0.4 is 10.6 Å². The Morgan fingerprint density at radius 3 is 2.71 bits per heavy atom. The number of halogens is 1. The lowest BCUT2D eigenvalue weighted by atomic mass is 10.2. The van der Waals surface area contributed by atoms with Crippen molar-refractivity contribution in [2.75, 3.05) is 10.6 Å². The summed E-state index contributed by atoms with van der Waals surface area (Å²) in [5.74, 6) is -0.244. The highest BCUT2D eigenvalue weighted by Gasteiger charge is 2.15. The Kier molecular flexibility index (Phi) is 6.33. The van der Waals surface area contributed by atoms with Crippen molar-refractivity contribution >= 4 is 56.4 Å². The molecule has 2 N–H and O–H groups in total. The van der Waals surface area contributed by atoms with E-state index >= 15 is 0 Å². The molecular weight excluding hydrogens is 468 g/mol. The van der Waals surface area contributed by atoms with Gasteiger partial charge in [0.15, 0.2) is 5.13 Å². The van der Waals surface area contributed by atoms with E-state index in [1.165, 1.54) is 11.3 Å². The first-order chi connectivity index (χ1) is 16.6. The minimum Gasteiger partial charge on any atom is -0.354 e. The molecule has 34 heavy (non-hydrogen) atoms. The SMILES string of the molecule is Cc1cccc(Cl)c1NC(=O)c1cnc(Nc2cccc3c2ncn3CCCn2cccc2)s1. The molecule has 2 aromatic carbocycles. The van der Waals surface area contributed by atoms with Gasteiger partial charge in [0.2, 0.25) is 0 Å². The Bertz CT molecular complexity index is 1420. The maximum Gasteiger partial charge on any atom is 0.267 e. The van der Waals surface area contributed by atoms with Crippen LogP contribution in [0.5, 0.6) is 0 Å². The van der Waals surface area contributed by atoms with Crippen LogP contribution in [0.25, 0.3) is 11.0 Å². The van der Waals surface area contributed by atoms with Crippen molar-refractivity contribution in [3.63, 3.8) is 0 Å². The average Bonchev–Trinajstić information content (AvgIpc) is 3.59. The number of rotatable bonds is 8. The highest BCUT2D eigenvalue weighted by Crippen LogP contribution is 2.30. The van der Waals surface area contributed by atoms with Gasteiger partial charge >= 0.3 is 0 Å². The Balaban J connectivity index is 1.28. The molecule has 7 nitrogen and oxygen atoms in total. The van der Waals surface area contributed by atoms with E-state index in [1.54, 1.807) is 12.3 Å². The van der Waals surface area contributed by atoms with Crippen LogP contribution in [0.4, 0.5) is 16.5 Å². The number of carbonyl (C=O) groups excluding carboxylic acids is 1. The number of aromatic nitrogens is 4. The fourth-order valence-electron chi connectivity index (χ4n) is 3.83. The van der Waals surface area contributed by atoms with Crippen molar-refractivity contribution in [3.05, 3.63) is 88.9 Å². The van der Waals surface area contributed by atoms with Crippen molar-refractivity contribution in [1.82, 2.24) is 19.1 Å². The first-order valence-electron chi connectivity index (χ1n) is 10.9. The number of anilines is 3. The molecule has 0 spiro atoms. The summed E-state index contributed by atoms with van der Waals surface area (Å²) in [6.07, 6.45) is 8.60. The molecular formula is C25H23ClN6OS. The van der Waals surface area contributed by atoms with Gasteiger partial charge in [0.1, 0.15) is 10.4 Å². The first-order valence-corrected chi connectivity index (χ1v) is 12.1. The zero-order valence-electron chi connectivity index (χ0n) is 18.5. The molecule has 0 saturated carbocycles. The quantitative estimate of drug-likeness (QED) is 0.266. The van der Waals surface area contributed by atoms with E-state index in [-0.39, 0.29) is 5.91 Å². The van der Waals surface area contributed by atoms with Crippen molar-refractivity contribution in [1.29, 1.82) is 0 Å². The topological polar surface area (TPSA) is 76.8 Å². The first kappa shape index (κ1) is 22.2. The fraction of sp³-hybridized carbons (Fsp3) is 0.160. The van der Waals surface area contributed by atoms with E-state index in [9.17, 15) is 4.79 Å². The van der Waals surface area contributed by atoms with Crippen molar-refractivity contribution in [2.24, 2.45) is 0 Å². The lowest BCUT2D eigenvalue weighted by Gasteiger charge is -2.09. The molecule has 0 saturated heterocycles. The number of benzene rings is 2. The fourth-order valence-corrected chi connectivity index (χ4v) is 4.82. The number of nitrogens with one attached hydrogen (secondary N) is 2. The molecule has 0 unspecified atom stereocenters. The highest BCUT2D eigenvalue weighted by atomic mass is 35.5. The summed E-state index contributed by atoms with van der Waals surface area (Å²) in [5.41, 5.74) is 4.30. The van der Waals surface area contributed by atoms with Gasteiger partial charge in [0.25, 0.3) is 5.91 Å². The third kappa shape index (κ3) is 4.69. The van der Waals surface area contributed by atoms with Crippen molar-refractivity contribution in [2.45, 2.75) is 26.4 Å². The van der Waals surface area contributed by atoms with Gasteiger partial charge in [0.05, 0.1) is 34.4 Å². The lowest BCUT2D eigenvalue weighted by molar-refractivity contribution is 0.103. The van der Waals surface area contributed by atoms with Gasteiger partial charge in [-0.05, 0) is 49.2 Å². The van der Waals surface area contributed by atoms with E-state index in [0.29, 0.717) is 20.7 Å². The van der Waals surface area contributed by atoms with E-state index in [1.807, 2.05) is 49.6 Å². The lowest BCUT2D eigenvalue weighted by Crippen LogP contribution is -2.11. The molecule has 9 heteroatoms. The number of imidazole rings is 1. The van der Waals surface area contributed by atoms with Crippen LogP contribution in [0.3, 0.4) is 0 Å². The minimum absolute atomic E-state index is 0.244. The maximum absolute atomic E-state index is 12.7. The zero-order valence-corrected chi connectivity index (χ0v) is 20.1. The van der Waals surface area contributed by atoms with Crippen LogP contribution in [-0.4, -0.2) is 25.0 Å². The standard InChI is InChI=1S/C25H23ClN6OS/c1-17-7-4-8-18(26)22(17)30-24(33)21-15-27-25(34-21)29-19-9-5-10-20-23(19)28-16-32(20)14-6-13-31-11-2-3-12-31/h2-5,7-12,15-16H,6,13-14H2,1H3,(H,27,29)(H,30,33). The van der Waals surface area contributed by atoms with Crippen molar-refractivity contribution in [3.8, 4) is 0 Å². The number of carbonyl (C=O) groups is 1. The predicted octanol–water partition coefficient (Wildman–Crippen LogP) is 6.34. The second-order valence-corrected chi connectivity index (χ2v) is 9.36. The van der Waals surface area contributed by atoms with Crippen LogP contribution in [0, 0.1) is 6.92 Å². The molecule has 0 radical (unpaired) electrons. The Hall–Kier alpha value is -3.62. The Morgan fingerprint density at radius 2 is 1.88 bits per heavy atom. The predicted molar refractivity (Wildman–Crippen MR) is 138 cm³/mol. The molecule has 1 amide bonds. The molecule has 0 aliphatic carbocycles. The van der Waals surface area contributed by atoms with Crippen LogP contribution in [0.2, 0.25) is 5.02 Å². The van der Waals surface area contributed by atoms with Gasteiger partial charge in [-0.15, -0.1) is 0 Å². The second-order valence-electron chi connectivity index (χ2n) is 7.93. The summed E-state index contributed by atoms with van der Waals surface area (Å²) in [7, 11) is 0. The third-order valence-corrected chi connectivity index (χ3v) is 6.79. The number of hydrogen-bond donors (Lipinski definition) is 2. The van der Waals surface area contributed by atoms with Gasteiger partial charge in [-0.25, -0.2) is 9.97 Å². The maximum atomic E-state index is 12.7. The monoisotopic (exact) mass is 490 g/mol.